The number of benzene rings is 2. The van der Waals surface area contributed by atoms with Crippen molar-refractivity contribution >= 4 is 46.0 Å². The van der Waals surface area contributed by atoms with Gasteiger partial charge in [-0.15, -0.1) is 10.2 Å². The molecule has 0 unspecified atom stereocenters. The van der Waals surface area contributed by atoms with Crippen LogP contribution in [0.3, 0.4) is 0 Å². The number of fused-ring (bicyclic) bond motifs is 1. The first kappa shape index (κ1) is 22.1. The summed E-state index contributed by atoms with van der Waals surface area (Å²) in [6, 6.07) is 12.6. The number of hydrogen-bond acceptors (Lipinski definition) is 6. The van der Waals surface area contributed by atoms with Gasteiger partial charge in [-0.05, 0) is 63.5 Å². The van der Waals surface area contributed by atoms with Gasteiger partial charge < -0.3 is 15.3 Å². The molecule has 0 aliphatic rings. The molecule has 0 fully saturated rings. The van der Waals surface area contributed by atoms with Crippen LogP contribution >= 0.6 is 23.4 Å². The predicted molar refractivity (Wildman–Crippen MR) is 127 cm³/mol. The number of aromatic nitrogens is 5. The largest absolute Gasteiger partial charge is 0.325 e. The Balaban J connectivity index is 1.53. The highest BCUT2D eigenvalue weighted by Gasteiger charge is 2.21. The van der Waals surface area contributed by atoms with Gasteiger partial charge >= 0.3 is 5.69 Å². The third kappa shape index (κ3) is 4.72. The van der Waals surface area contributed by atoms with Crippen LogP contribution in [0.1, 0.15) is 18.8 Å². The monoisotopic (exact) mass is 471 g/mol. The third-order valence-corrected chi connectivity index (χ3v) is 6.20. The number of carbonyl (C=O) groups is 1. The molecule has 3 N–H and O–H groups in total. The molecule has 32 heavy (non-hydrogen) atoms. The SMILES string of the molecule is C[C@@H](c1nnc(SCC(=O)Nc2ccc3[nH]c(=O)[nH]c3c2)n1-c1ccc(Cl)cc1)N(C)C. The number of hydrogen-bond donors (Lipinski definition) is 3. The molecule has 0 spiro atoms. The van der Waals surface area contributed by atoms with E-state index in [1.807, 2.05) is 54.8 Å². The number of nitrogens with zero attached hydrogens (tertiary/aromatic N) is 4. The molecule has 1 amide bonds. The van der Waals surface area contributed by atoms with Gasteiger partial charge in [-0.1, -0.05) is 23.4 Å². The van der Waals surface area contributed by atoms with Crippen molar-refractivity contribution < 1.29 is 4.79 Å². The van der Waals surface area contributed by atoms with Crippen molar-refractivity contribution in [3.8, 4) is 5.69 Å². The molecule has 2 heterocycles. The number of imidazole rings is 1. The lowest BCUT2D eigenvalue weighted by molar-refractivity contribution is -0.113. The van der Waals surface area contributed by atoms with Crippen molar-refractivity contribution in [2.24, 2.45) is 0 Å². The van der Waals surface area contributed by atoms with Gasteiger partial charge in [-0.2, -0.15) is 0 Å². The molecule has 11 heteroatoms. The first-order valence-corrected chi connectivity index (χ1v) is 11.2. The topological polar surface area (TPSA) is 112 Å². The summed E-state index contributed by atoms with van der Waals surface area (Å²) in [7, 11) is 3.95. The van der Waals surface area contributed by atoms with E-state index in [0.717, 1.165) is 11.5 Å². The number of amides is 1. The van der Waals surface area contributed by atoms with Gasteiger partial charge in [0, 0.05) is 16.4 Å². The fourth-order valence-corrected chi connectivity index (χ4v) is 4.03. The molecule has 4 rings (SSSR count). The summed E-state index contributed by atoms with van der Waals surface area (Å²) >= 11 is 7.35. The van der Waals surface area contributed by atoms with Crippen LogP contribution in [0.15, 0.2) is 52.4 Å². The van der Waals surface area contributed by atoms with E-state index < -0.39 is 0 Å². The second-order valence-corrected chi connectivity index (χ2v) is 8.85. The molecule has 166 valence electrons. The normalized spacial score (nSPS) is 12.4. The minimum Gasteiger partial charge on any atom is -0.325 e. The molecule has 0 aliphatic carbocycles. The van der Waals surface area contributed by atoms with Crippen LogP contribution in [0.2, 0.25) is 5.02 Å². The Kier molecular flexibility index (Phi) is 6.35. The minimum absolute atomic E-state index is 0.0107. The molecule has 0 saturated heterocycles. The van der Waals surface area contributed by atoms with Crippen LogP contribution < -0.4 is 11.0 Å². The van der Waals surface area contributed by atoms with Crippen molar-refractivity contribution in [3.63, 3.8) is 0 Å². The van der Waals surface area contributed by atoms with Crippen molar-refractivity contribution in [1.82, 2.24) is 29.6 Å². The summed E-state index contributed by atoms with van der Waals surface area (Å²) in [5.74, 6) is 0.714. The van der Waals surface area contributed by atoms with E-state index in [4.69, 9.17) is 11.6 Å². The summed E-state index contributed by atoms with van der Waals surface area (Å²) in [4.78, 5) is 31.4. The summed E-state index contributed by atoms with van der Waals surface area (Å²) in [6.45, 7) is 2.04. The van der Waals surface area contributed by atoms with Crippen LogP contribution in [-0.2, 0) is 4.79 Å². The number of thioether (sulfide) groups is 1. The third-order valence-electron chi connectivity index (χ3n) is 5.02. The minimum atomic E-state index is -0.289. The highest BCUT2D eigenvalue weighted by Crippen LogP contribution is 2.27. The molecule has 0 bridgehead atoms. The standard InChI is InChI=1S/C21H22ClN7O2S/c1-12(28(2)3)19-26-27-21(29(19)15-7-4-13(22)5-8-15)32-11-18(30)23-14-6-9-16-17(10-14)25-20(31)24-16/h4-10,12H,11H2,1-3H3,(H,23,30)(H2,24,25,31)/t12-/m0/s1. The molecule has 0 aliphatic heterocycles. The van der Waals surface area contributed by atoms with E-state index in [-0.39, 0.29) is 23.4 Å². The van der Waals surface area contributed by atoms with Crippen LogP contribution in [0, 0.1) is 0 Å². The summed E-state index contributed by atoms with van der Waals surface area (Å²) < 4.78 is 1.94. The summed E-state index contributed by atoms with van der Waals surface area (Å²) in [5.41, 5.74) is 2.49. The van der Waals surface area contributed by atoms with Crippen LogP contribution in [0.5, 0.6) is 0 Å². The lowest BCUT2D eigenvalue weighted by Gasteiger charge is -2.20. The lowest BCUT2D eigenvalue weighted by Crippen LogP contribution is -2.21. The molecule has 2 aromatic heterocycles. The Morgan fingerprint density at radius 3 is 2.59 bits per heavy atom. The number of halogens is 1. The Morgan fingerprint density at radius 1 is 1.16 bits per heavy atom. The van der Waals surface area contributed by atoms with Crippen molar-refractivity contribution in [1.29, 1.82) is 0 Å². The molecular weight excluding hydrogens is 450 g/mol. The van der Waals surface area contributed by atoms with Crippen molar-refractivity contribution in [2.75, 3.05) is 25.2 Å². The van der Waals surface area contributed by atoms with Gasteiger partial charge in [-0.3, -0.25) is 14.3 Å². The van der Waals surface area contributed by atoms with E-state index >= 15 is 0 Å². The maximum atomic E-state index is 12.6. The van der Waals surface area contributed by atoms with Gasteiger partial charge in [0.05, 0.1) is 22.8 Å². The first-order valence-electron chi connectivity index (χ1n) is 9.84. The van der Waals surface area contributed by atoms with E-state index in [2.05, 4.69) is 25.5 Å². The maximum absolute atomic E-state index is 12.6. The van der Waals surface area contributed by atoms with Crippen LogP contribution in [-0.4, -0.2) is 55.4 Å². The van der Waals surface area contributed by atoms with E-state index in [1.165, 1.54) is 11.8 Å². The molecule has 0 radical (unpaired) electrons. The number of nitrogens with one attached hydrogen (secondary N) is 3. The Hall–Kier alpha value is -3.08. The molecule has 2 aromatic carbocycles. The summed E-state index contributed by atoms with van der Waals surface area (Å²) in [5, 5.41) is 12.8. The molecule has 1 atom stereocenters. The number of aromatic amines is 2. The second-order valence-electron chi connectivity index (χ2n) is 7.47. The van der Waals surface area contributed by atoms with E-state index in [1.54, 1.807) is 18.2 Å². The van der Waals surface area contributed by atoms with Crippen molar-refractivity contribution in [3.05, 3.63) is 63.8 Å². The van der Waals surface area contributed by atoms with Gasteiger partial charge in [0.25, 0.3) is 0 Å². The molecule has 0 saturated carbocycles. The zero-order valence-corrected chi connectivity index (χ0v) is 19.3. The maximum Gasteiger partial charge on any atom is 0.323 e. The van der Waals surface area contributed by atoms with Gasteiger partial charge in [0.15, 0.2) is 11.0 Å². The van der Waals surface area contributed by atoms with Gasteiger partial charge in [0.1, 0.15) is 0 Å². The molecular formula is C21H22ClN7O2S. The number of rotatable bonds is 7. The number of carbonyl (C=O) groups excluding carboxylic acids is 1. The van der Waals surface area contributed by atoms with Gasteiger partial charge in [-0.25, -0.2) is 4.79 Å². The van der Waals surface area contributed by atoms with Crippen LogP contribution in [0.4, 0.5) is 5.69 Å². The smallest absolute Gasteiger partial charge is 0.323 e. The van der Waals surface area contributed by atoms with Crippen LogP contribution in [0.25, 0.3) is 16.7 Å². The fraction of sp³-hybridized carbons (Fsp3) is 0.238. The van der Waals surface area contributed by atoms with Gasteiger partial charge in [0.2, 0.25) is 5.91 Å². The van der Waals surface area contributed by atoms with E-state index in [0.29, 0.717) is 26.9 Å². The van der Waals surface area contributed by atoms with Crippen molar-refractivity contribution in [2.45, 2.75) is 18.1 Å². The quantitative estimate of drug-likeness (QED) is 0.356. The lowest BCUT2D eigenvalue weighted by atomic mass is 10.2. The summed E-state index contributed by atoms with van der Waals surface area (Å²) in [6.07, 6.45) is 0. The van der Waals surface area contributed by atoms with E-state index in [9.17, 15) is 9.59 Å². The number of anilines is 1. The Bertz CT molecular complexity index is 1310. The number of H-pyrrole nitrogens is 2. The predicted octanol–water partition coefficient (Wildman–Crippen LogP) is 3.44. The molecule has 9 nitrogen and oxygen atoms in total. The zero-order chi connectivity index (χ0) is 22.8. The fourth-order valence-electron chi connectivity index (χ4n) is 3.15. The molecule has 4 aromatic rings. The Morgan fingerprint density at radius 2 is 1.88 bits per heavy atom. The Labute approximate surface area is 193 Å². The average Bonchev–Trinajstić information content (AvgIpc) is 3.34. The highest BCUT2D eigenvalue weighted by atomic mass is 35.5. The highest BCUT2D eigenvalue weighted by molar-refractivity contribution is 7.99. The second kappa shape index (κ2) is 9.19. The zero-order valence-electron chi connectivity index (χ0n) is 17.7. The first-order chi connectivity index (χ1) is 15.3. The average molecular weight is 472 g/mol.